The van der Waals surface area contributed by atoms with Crippen LogP contribution in [-0.2, 0) is 9.53 Å². The van der Waals surface area contributed by atoms with Gasteiger partial charge in [-0.05, 0) is 43.0 Å². The summed E-state index contributed by atoms with van der Waals surface area (Å²) in [5.74, 6) is 0.164. The highest BCUT2D eigenvalue weighted by molar-refractivity contribution is 6.12. The first-order valence-corrected chi connectivity index (χ1v) is 9.35. The summed E-state index contributed by atoms with van der Waals surface area (Å²) in [6.07, 6.45) is 0.802. The van der Waals surface area contributed by atoms with Crippen molar-refractivity contribution in [1.82, 2.24) is 4.98 Å². The minimum atomic E-state index is -0.497. The lowest BCUT2D eigenvalue weighted by atomic mass is 10.1. The van der Waals surface area contributed by atoms with Gasteiger partial charge in [0.2, 0.25) is 5.91 Å². The molecule has 0 saturated heterocycles. The molecule has 4 rings (SSSR count). The molecule has 1 amide bonds. The second-order valence-electron chi connectivity index (χ2n) is 6.86. The van der Waals surface area contributed by atoms with E-state index in [1.165, 1.54) is 0 Å². The zero-order valence-electron chi connectivity index (χ0n) is 15.8. The van der Waals surface area contributed by atoms with Crippen molar-refractivity contribution in [3.05, 3.63) is 59.8 Å². The molecule has 6 heteroatoms. The standard InChI is InChI=1S/C22H22N2O4/c1-3-28-22(26)20-19(17-11-14(27-2)9-10-18(17)23-20)24-21(25)16-12-15(16)13-7-5-4-6-8-13/h4-11,15-16,23H,3,12H2,1-2H3,(H,24,25)/t15-,16+/m1/s1. The largest absolute Gasteiger partial charge is 0.497 e. The van der Waals surface area contributed by atoms with Crippen LogP contribution in [0.4, 0.5) is 5.69 Å². The van der Waals surface area contributed by atoms with E-state index in [1.54, 1.807) is 26.2 Å². The number of aromatic amines is 1. The Morgan fingerprint density at radius 1 is 1.18 bits per heavy atom. The highest BCUT2D eigenvalue weighted by atomic mass is 16.5. The van der Waals surface area contributed by atoms with Crippen LogP contribution in [0.1, 0.15) is 35.3 Å². The molecule has 144 valence electrons. The molecule has 1 saturated carbocycles. The van der Waals surface area contributed by atoms with Crippen molar-refractivity contribution in [1.29, 1.82) is 0 Å². The number of benzene rings is 2. The van der Waals surface area contributed by atoms with Gasteiger partial charge in [0.15, 0.2) is 0 Å². The molecule has 2 N–H and O–H groups in total. The van der Waals surface area contributed by atoms with E-state index in [0.29, 0.717) is 16.8 Å². The Morgan fingerprint density at radius 2 is 1.96 bits per heavy atom. The van der Waals surface area contributed by atoms with E-state index in [2.05, 4.69) is 10.3 Å². The third-order valence-electron chi connectivity index (χ3n) is 5.09. The van der Waals surface area contributed by atoms with Crippen LogP contribution >= 0.6 is 0 Å². The lowest BCUT2D eigenvalue weighted by Crippen LogP contribution is -2.17. The summed E-state index contributed by atoms with van der Waals surface area (Å²) < 4.78 is 10.4. The summed E-state index contributed by atoms with van der Waals surface area (Å²) in [4.78, 5) is 28.3. The van der Waals surface area contributed by atoms with Gasteiger partial charge in [0.05, 0.1) is 19.4 Å². The maximum Gasteiger partial charge on any atom is 0.356 e. The molecule has 2 aromatic carbocycles. The average molecular weight is 378 g/mol. The third-order valence-corrected chi connectivity index (χ3v) is 5.09. The lowest BCUT2D eigenvalue weighted by molar-refractivity contribution is -0.117. The van der Waals surface area contributed by atoms with Crippen LogP contribution in [0.3, 0.4) is 0 Å². The lowest BCUT2D eigenvalue weighted by Gasteiger charge is -2.08. The maximum absolute atomic E-state index is 12.9. The predicted molar refractivity (Wildman–Crippen MR) is 107 cm³/mol. The molecule has 28 heavy (non-hydrogen) atoms. The molecule has 6 nitrogen and oxygen atoms in total. The zero-order chi connectivity index (χ0) is 19.7. The highest BCUT2D eigenvalue weighted by Gasteiger charge is 2.44. The van der Waals surface area contributed by atoms with Gasteiger partial charge >= 0.3 is 5.97 Å². The average Bonchev–Trinajstić information content (AvgIpc) is 3.45. The zero-order valence-corrected chi connectivity index (χ0v) is 15.8. The molecule has 0 radical (unpaired) electrons. The molecule has 0 aliphatic heterocycles. The van der Waals surface area contributed by atoms with Gasteiger partial charge in [0.25, 0.3) is 0 Å². The Bertz CT molecular complexity index is 1030. The highest BCUT2D eigenvalue weighted by Crippen LogP contribution is 2.48. The maximum atomic E-state index is 12.9. The van der Waals surface area contributed by atoms with Gasteiger partial charge in [0, 0.05) is 16.8 Å². The van der Waals surface area contributed by atoms with E-state index in [9.17, 15) is 9.59 Å². The monoisotopic (exact) mass is 378 g/mol. The van der Waals surface area contributed by atoms with Crippen molar-refractivity contribution in [2.75, 3.05) is 19.0 Å². The topological polar surface area (TPSA) is 80.4 Å². The third kappa shape index (κ3) is 3.33. The SMILES string of the molecule is CCOC(=O)c1[nH]c2ccc(OC)cc2c1NC(=O)[C@H]1C[C@@H]1c1ccccc1. The molecule has 1 heterocycles. The summed E-state index contributed by atoms with van der Waals surface area (Å²) in [5.41, 5.74) is 2.58. The quantitative estimate of drug-likeness (QED) is 0.633. The van der Waals surface area contributed by atoms with E-state index in [4.69, 9.17) is 9.47 Å². The summed E-state index contributed by atoms with van der Waals surface area (Å²) in [6, 6.07) is 15.4. The number of ether oxygens (including phenoxy) is 2. The summed E-state index contributed by atoms with van der Waals surface area (Å²) in [5, 5.41) is 3.67. The van der Waals surface area contributed by atoms with E-state index in [1.807, 2.05) is 36.4 Å². The molecular formula is C22H22N2O4. The van der Waals surface area contributed by atoms with Gasteiger partial charge in [-0.15, -0.1) is 0 Å². The molecule has 1 aliphatic rings. The summed E-state index contributed by atoms with van der Waals surface area (Å²) in [6.45, 7) is 2.00. The van der Waals surface area contributed by atoms with Gasteiger partial charge < -0.3 is 19.8 Å². The predicted octanol–water partition coefficient (Wildman–Crippen LogP) is 4.10. The molecular weight excluding hydrogens is 356 g/mol. The van der Waals surface area contributed by atoms with Gasteiger partial charge in [-0.25, -0.2) is 4.79 Å². The number of fused-ring (bicyclic) bond motifs is 1. The normalized spacial score (nSPS) is 17.9. The fourth-order valence-electron chi connectivity index (χ4n) is 3.55. The number of esters is 1. The minimum Gasteiger partial charge on any atom is -0.497 e. The number of nitrogens with one attached hydrogen (secondary N) is 2. The van der Waals surface area contributed by atoms with Crippen molar-refractivity contribution in [3.63, 3.8) is 0 Å². The van der Waals surface area contributed by atoms with Crippen LogP contribution in [0.15, 0.2) is 48.5 Å². The van der Waals surface area contributed by atoms with Crippen molar-refractivity contribution in [3.8, 4) is 5.75 Å². The fraction of sp³-hybridized carbons (Fsp3) is 0.273. The van der Waals surface area contributed by atoms with Crippen LogP contribution in [0.25, 0.3) is 10.9 Å². The van der Waals surface area contributed by atoms with Gasteiger partial charge in [0.1, 0.15) is 11.4 Å². The van der Waals surface area contributed by atoms with Crippen molar-refractivity contribution < 1.29 is 19.1 Å². The molecule has 1 aromatic heterocycles. The molecule has 0 bridgehead atoms. The summed E-state index contributed by atoms with van der Waals surface area (Å²) in [7, 11) is 1.58. The van der Waals surface area contributed by atoms with Crippen LogP contribution in [0.5, 0.6) is 5.75 Å². The molecule has 0 spiro atoms. The number of hydrogen-bond acceptors (Lipinski definition) is 4. The van der Waals surface area contributed by atoms with Gasteiger partial charge in [-0.3, -0.25) is 4.79 Å². The number of carbonyl (C=O) groups is 2. The Balaban J connectivity index is 1.64. The number of aromatic nitrogens is 1. The minimum absolute atomic E-state index is 0.0943. The number of methoxy groups -OCH3 is 1. The first-order chi connectivity index (χ1) is 13.6. The van der Waals surface area contributed by atoms with Crippen LogP contribution in [-0.4, -0.2) is 30.6 Å². The molecule has 1 fully saturated rings. The van der Waals surface area contributed by atoms with Crippen LogP contribution in [0, 0.1) is 5.92 Å². The second-order valence-corrected chi connectivity index (χ2v) is 6.86. The molecule has 2 atom stereocenters. The van der Waals surface area contributed by atoms with E-state index >= 15 is 0 Å². The number of rotatable bonds is 6. The second kappa shape index (κ2) is 7.38. The molecule has 3 aromatic rings. The van der Waals surface area contributed by atoms with Crippen molar-refractivity contribution in [2.45, 2.75) is 19.3 Å². The van der Waals surface area contributed by atoms with E-state index < -0.39 is 5.97 Å². The molecule has 0 unspecified atom stereocenters. The van der Waals surface area contributed by atoms with Gasteiger partial charge in [-0.1, -0.05) is 30.3 Å². The number of anilines is 1. The Morgan fingerprint density at radius 3 is 2.68 bits per heavy atom. The van der Waals surface area contributed by atoms with E-state index in [0.717, 1.165) is 17.5 Å². The van der Waals surface area contributed by atoms with Crippen LogP contribution in [0.2, 0.25) is 0 Å². The Hall–Kier alpha value is -3.28. The number of H-pyrrole nitrogens is 1. The first-order valence-electron chi connectivity index (χ1n) is 9.35. The molecule has 1 aliphatic carbocycles. The first kappa shape index (κ1) is 18.1. The van der Waals surface area contributed by atoms with E-state index in [-0.39, 0.29) is 30.0 Å². The number of hydrogen-bond donors (Lipinski definition) is 2. The van der Waals surface area contributed by atoms with Crippen LogP contribution < -0.4 is 10.1 Å². The van der Waals surface area contributed by atoms with Crippen molar-refractivity contribution >= 4 is 28.5 Å². The smallest absolute Gasteiger partial charge is 0.356 e. The Kier molecular flexibility index (Phi) is 4.77. The number of amides is 1. The fourth-order valence-corrected chi connectivity index (χ4v) is 3.55. The number of carbonyl (C=O) groups excluding carboxylic acids is 2. The van der Waals surface area contributed by atoms with Crippen molar-refractivity contribution in [2.24, 2.45) is 5.92 Å². The van der Waals surface area contributed by atoms with Gasteiger partial charge in [-0.2, -0.15) is 0 Å². The summed E-state index contributed by atoms with van der Waals surface area (Å²) >= 11 is 0. The Labute approximate surface area is 162 Å².